The molecule has 3 nitrogen and oxygen atoms in total. The van der Waals surface area contributed by atoms with E-state index in [-0.39, 0.29) is 11.7 Å². The van der Waals surface area contributed by atoms with Crippen LogP contribution in [0.1, 0.15) is 67.8 Å². The molecule has 1 aliphatic heterocycles. The molecule has 3 heteroatoms. The smallest absolute Gasteiger partial charge is 0.224 e. The Balaban J connectivity index is 1.89. The van der Waals surface area contributed by atoms with Gasteiger partial charge < -0.3 is 5.32 Å². The summed E-state index contributed by atoms with van der Waals surface area (Å²) in [5, 5.41) is 2.84. The van der Waals surface area contributed by atoms with Crippen LogP contribution in [0, 0.1) is 0 Å². The zero-order chi connectivity index (χ0) is 14.4. The lowest BCUT2D eigenvalue weighted by molar-refractivity contribution is -0.116. The second kappa shape index (κ2) is 7.22. The molecule has 20 heavy (non-hydrogen) atoms. The van der Waals surface area contributed by atoms with Gasteiger partial charge in [0.05, 0.1) is 0 Å². The zero-order valence-corrected chi connectivity index (χ0v) is 12.2. The summed E-state index contributed by atoms with van der Waals surface area (Å²) in [6.45, 7) is 2.19. The van der Waals surface area contributed by atoms with Crippen molar-refractivity contribution in [2.75, 3.05) is 5.32 Å². The van der Waals surface area contributed by atoms with E-state index in [1.807, 2.05) is 18.2 Å². The minimum atomic E-state index is 0.0625. The van der Waals surface area contributed by atoms with Crippen molar-refractivity contribution < 1.29 is 9.59 Å². The van der Waals surface area contributed by atoms with Crippen molar-refractivity contribution in [3.8, 4) is 0 Å². The highest BCUT2D eigenvalue weighted by Crippen LogP contribution is 2.24. The van der Waals surface area contributed by atoms with Gasteiger partial charge in [0.25, 0.3) is 0 Å². The highest BCUT2D eigenvalue weighted by Gasteiger charge is 2.16. The first-order chi connectivity index (χ1) is 9.70. The fourth-order valence-electron chi connectivity index (χ4n) is 2.59. The van der Waals surface area contributed by atoms with Gasteiger partial charge in [-0.1, -0.05) is 32.6 Å². The lowest BCUT2D eigenvalue weighted by Gasteiger charge is -2.17. The van der Waals surface area contributed by atoms with Crippen LogP contribution >= 0.6 is 0 Å². The maximum absolute atomic E-state index is 12.1. The lowest BCUT2D eigenvalue weighted by Crippen LogP contribution is -2.19. The van der Waals surface area contributed by atoms with Gasteiger partial charge in [-0.2, -0.15) is 0 Å². The van der Waals surface area contributed by atoms with Crippen molar-refractivity contribution >= 4 is 17.4 Å². The Labute approximate surface area is 120 Å². The fraction of sp³-hybridized carbons (Fsp3) is 0.529. The molecule has 0 saturated heterocycles. The molecule has 1 amide bonds. The number of fused-ring (bicyclic) bond motifs is 1. The van der Waals surface area contributed by atoms with Gasteiger partial charge in [0, 0.05) is 24.1 Å². The van der Waals surface area contributed by atoms with E-state index in [9.17, 15) is 9.59 Å². The number of hydrogen-bond acceptors (Lipinski definition) is 2. The summed E-state index contributed by atoms with van der Waals surface area (Å²) in [6.07, 6.45) is 7.71. The second-order valence-electron chi connectivity index (χ2n) is 5.51. The number of unbranched alkanes of at least 4 members (excludes halogenated alkanes) is 4. The molecule has 108 valence electrons. The van der Waals surface area contributed by atoms with E-state index >= 15 is 0 Å². The van der Waals surface area contributed by atoms with Gasteiger partial charge in [-0.05, 0) is 36.6 Å². The van der Waals surface area contributed by atoms with Gasteiger partial charge in [-0.3, -0.25) is 9.59 Å². The van der Waals surface area contributed by atoms with Crippen LogP contribution in [0.3, 0.4) is 0 Å². The molecule has 0 aliphatic carbocycles. The number of carbonyl (C=O) groups excluding carboxylic acids is 2. The SMILES string of the molecule is CCCCCCCC(=O)c1ccc2c(c1)CCC(=O)N2. The summed E-state index contributed by atoms with van der Waals surface area (Å²) in [6, 6.07) is 5.64. The first-order valence-corrected chi connectivity index (χ1v) is 7.66. The number of aryl methyl sites for hydroxylation is 1. The number of benzene rings is 1. The summed E-state index contributed by atoms with van der Waals surface area (Å²) in [5.41, 5.74) is 2.73. The van der Waals surface area contributed by atoms with Crippen molar-refractivity contribution in [2.45, 2.75) is 58.3 Å². The Morgan fingerprint density at radius 2 is 1.95 bits per heavy atom. The maximum atomic E-state index is 12.1. The minimum absolute atomic E-state index is 0.0625. The summed E-state index contributed by atoms with van der Waals surface area (Å²) < 4.78 is 0. The molecule has 2 rings (SSSR count). The quantitative estimate of drug-likeness (QED) is 0.600. The average molecular weight is 273 g/mol. The third-order valence-electron chi connectivity index (χ3n) is 3.83. The largest absolute Gasteiger partial charge is 0.326 e. The second-order valence-corrected chi connectivity index (χ2v) is 5.51. The van der Waals surface area contributed by atoms with Crippen LogP contribution in [-0.2, 0) is 11.2 Å². The molecule has 1 aromatic rings. The molecule has 1 heterocycles. The number of rotatable bonds is 7. The van der Waals surface area contributed by atoms with Gasteiger partial charge in [-0.25, -0.2) is 0 Å². The Morgan fingerprint density at radius 1 is 1.15 bits per heavy atom. The molecule has 0 radical (unpaired) electrons. The van der Waals surface area contributed by atoms with E-state index < -0.39 is 0 Å². The van der Waals surface area contributed by atoms with Crippen molar-refractivity contribution in [2.24, 2.45) is 0 Å². The summed E-state index contributed by atoms with van der Waals surface area (Å²) >= 11 is 0. The van der Waals surface area contributed by atoms with E-state index in [2.05, 4.69) is 12.2 Å². The molecule has 0 spiro atoms. The van der Waals surface area contributed by atoms with Crippen molar-refractivity contribution in [1.82, 2.24) is 0 Å². The van der Waals surface area contributed by atoms with Crippen molar-refractivity contribution in [1.29, 1.82) is 0 Å². The van der Waals surface area contributed by atoms with E-state index in [1.165, 1.54) is 19.3 Å². The van der Waals surface area contributed by atoms with Gasteiger partial charge in [-0.15, -0.1) is 0 Å². The van der Waals surface area contributed by atoms with Gasteiger partial charge in [0.2, 0.25) is 5.91 Å². The van der Waals surface area contributed by atoms with Crippen LogP contribution in [0.4, 0.5) is 5.69 Å². The minimum Gasteiger partial charge on any atom is -0.326 e. The van der Waals surface area contributed by atoms with Crippen LogP contribution in [0.15, 0.2) is 18.2 Å². The topological polar surface area (TPSA) is 46.2 Å². The van der Waals surface area contributed by atoms with Crippen molar-refractivity contribution in [3.05, 3.63) is 29.3 Å². The van der Waals surface area contributed by atoms with Crippen LogP contribution in [0.25, 0.3) is 0 Å². The Morgan fingerprint density at radius 3 is 2.75 bits per heavy atom. The van der Waals surface area contributed by atoms with Crippen LogP contribution < -0.4 is 5.32 Å². The molecular weight excluding hydrogens is 250 g/mol. The number of nitrogens with one attached hydrogen (secondary N) is 1. The molecule has 1 N–H and O–H groups in total. The third kappa shape index (κ3) is 3.92. The zero-order valence-electron chi connectivity index (χ0n) is 12.2. The molecule has 0 fully saturated rings. The normalized spacial score (nSPS) is 13.8. The molecule has 0 aromatic heterocycles. The van der Waals surface area contributed by atoms with E-state index in [0.29, 0.717) is 12.8 Å². The number of amides is 1. The number of Topliss-reactive ketones (excluding diaryl/α,β-unsaturated/α-hetero) is 1. The van der Waals surface area contributed by atoms with Gasteiger partial charge in [0.1, 0.15) is 0 Å². The molecule has 0 saturated carbocycles. The van der Waals surface area contributed by atoms with E-state index in [4.69, 9.17) is 0 Å². The van der Waals surface area contributed by atoms with Crippen LogP contribution in [0.5, 0.6) is 0 Å². The molecule has 0 bridgehead atoms. The number of anilines is 1. The Hall–Kier alpha value is -1.64. The molecule has 1 aliphatic rings. The van der Waals surface area contributed by atoms with E-state index in [0.717, 1.165) is 36.1 Å². The Kier molecular flexibility index (Phi) is 5.33. The lowest BCUT2D eigenvalue weighted by atomic mass is 9.97. The van der Waals surface area contributed by atoms with Crippen LogP contribution in [0.2, 0.25) is 0 Å². The average Bonchev–Trinajstić information content (AvgIpc) is 2.46. The first-order valence-electron chi connectivity index (χ1n) is 7.66. The number of hydrogen-bond donors (Lipinski definition) is 1. The number of ketones is 1. The standard InChI is InChI=1S/C17H23NO2/c1-2-3-4-5-6-7-16(19)14-8-10-15-13(12-14)9-11-17(20)18-15/h8,10,12H,2-7,9,11H2,1H3,(H,18,20). The highest BCUT2D eigenvalue weighted by atomic mass is 16.1. The fourth-order valence-corrected chi connectivity index (χ4v) is 2.59. The third-order valence-corrected chi connectivity index (χ3v) is 3.83. The van der Waals surface area contributed by atoms with Crippen molar-refractivity contribution in [3.63, 3.8) is 0 Å². The van der Waals surface area contributed by atoms with Crippen LogP contribution in [-0.4, -0.2) is 11.7 Å². The number of carbonyl (C=O) groups is 2. The summed E-state index contributed by atoms with van der Waals surface area (Å²) in [7, 11) is 0. The summed E-state index contributed by atoms with van der Waals surface area (Å²) in [4.78, 5) is 23.4. The molecule has 1 aromatic carbocycles. The Bertz CT molecular complexity index is 494. The summed E-state index contributed by atoms with van der Waals surface area (Å²) in [5.74, 6) is 0.286. The maximum Gasteiger partial charge on any atom is 0.224 e. The molecule has 0 unspecified atom stereocenters. The molecular formula is C17H23NO2. The predicted octanol–water partition coefficient (Wildman–Crippen LogP) is 4.11. The monoisotopic (exact) mass is 273 g/mol. The van der Waals surface area contributed by atoms with E-state index in [1.54, 1.807) is 0 Å². The first kappa shape index (κ1) is 14.8. The predicted molar refractivity (Wildman–Crippen MR) is 81.1 cm³/mol. The van der Waals surface area contributed by atoms with Gasteiger partial charge in [0.15, 0.2) is 5.78 Å². The van der Waals surface area contributed by atoms with Gasteiger partial charge >= 0.3 is 0 Å². The highest BCUT2D eigenvalue weighted by molar-refractivity contribution is 5.98. The molecule has 0 atom stereocenters.